The van der Waals surface area contributed by atoms with Crippen LogP contribution in [0.2, 0.25) is 0 Å². The Labute approximate surface area is 374 Å². The molecule has 1 saturated heterocycles. The zero-order valence-corrected chi connectivity index (χ0v) is 38.8. The highest BCUT2D eigenvalue weighted by Gasteiger charge is 2.48. The van der Waals surface area contributed by atoms with Crippen molar-refractivity contribution in [3.8, 4) is 0 Å². The highest BCUT2D eigenvalue weighted by Crippen LogP contribution is 2.26. The highest BCUT2D eigenvalue weighted by atomic mass is 32.3. The van der Waals surface area contributed by atoms with E-state index < -0.39 is 78.5 Å². The van der Waals surface area contributed by atoms with Crippen LogP contribution in [0.4, 0.5) is 0 Å². The largest absolute Gasteiger partial charge is 0.397 e. The molecule has 8 unspecified atom stereocenters. The van der Waals surface area contributed by atoms with Gasteiger partial charge in [0.25, 0.3) is 0 Å². The zero-order valence-electron chi connectivity index (χ0n) is 38.0. The molecule has 0 radical (unpaired) electrons. The predicted octanol–water partition coefficient (Wildman–Crippen LogP) is 8.41. The van der Waals surface area contributed by atoms with Crippen molar-refractivity contribution >= 4 is 16.3 Å². The molecule has 1 fully saturated rings. The van der Waals surface area contributed by atoms with Crippen LogP contribution in [0.25, 0.3) is 0 Å². The molecule has 14 heteroatoms. The Kier molecular flexibility index (Phi) is 35.5. The number of hydrogen-bond donors (Lipinski definition) is 7. The molecule has 0 aromatic carbocycles. The quantitative estimate of drug-likeness (QED) is 0.0176. The van der Waals surface area contributed by atoms with Gasteiger partial charge in [-0.3, -0.25) is 9.35 Å². The molecule has 0 saturated carbocycles. The molecule has 1 aliphatic rings. The Hall–Kier alpha value is -2.24. The average molecular weight is 900 g/mol. The maximum Gasteiger partial charge on any atom is 0.397 e. The van der Waals surface area contributed by atoms with Gasteiger partial charge >= 0.3 is 10.4 Å². The Morgan fingerprint density at radius 1 is 0.694 bits per heavy atom. The molecule has 0 bridgehead atoms. The molecule has 7 N–H and O–H groups in total. The molecule has 1 amide bonds. The van der Waals surface area contributed by atoms with Crippen LogP contribution < -0.4 is 5.32 Å². The van der Waals surface area contributed by atoms with E-state index in [-0.39, 0.29) is 6.42 Å². The van der Waals surface area contributed by atoms with Gasteiger partial charge in [0, 0.05) is 0 Å². The van der Waals surface area contributed by atoms with Crippen LogP contribution >= 0.6 is 0 Å². The van der Waals surface area contributed by atoms with Crippen LogP contribution in [-0.4, -0.2) is 107 Å². The van der Waals surface area contributed by atoms with Crippen molar-refractivity contribution in [1.82, 2.24) is 5.32 Å². The van der Waals surface area contributed by atoms with Crippen LogP contribution in [0.3, 0.4) is 0 Å². The Morgan fingerprint density at radius 2 is 1.19 bits per heavy atom. The summed E-state index contributed by atoms with van der Waals surface area (Å²) in [6, 6.07) is -1.15. The summed E-state index contributed by atoms with van der Waals surface area (Å²) in [7, 11) is -5.12. The lowest BCUT2D eigenvalue weighted by Crippen LogP contribution is -2.61. The van der Waals surface area contributed by atoms with Crippen molar-refractivity contribution < 1.29 is 57.0 Å². The number of carbonyl (C=O) groups is 1. The van der Waals surface area contributed by atoms with Crippen LogP contribution in [0, 0.1) is 0 Å². The van der Waals surface area contributed by atoms with Crippen LogP contribution in [0.1, 0.15) is 174 Å². The van der Waals surface area contributed by atoms with Gasteiger partial charge in [0.2, 0.25) is 5.91 Å². The fraction of sp³-hybridized carbons (Fsp3) is 0.771. The molecule has 62 heavy (non-hydrogen) atoms. The number of carbonyl (C=O) groups excluding carboxylic acids is 1. The third-order valence-corrected chi connectivity index (χ3v) is 11.4. The molecule has 0 spiro atoms. The van der Waals surface area contributed by atoms with Crippen molar-refractivity contribution in [2.45, 2.75) is 223 Å². The third kappa shape index (κ3) is 30.0. The summed E-state index contributed by atoms with van der Waals surface area (Å²) in [5.41, 5.74) is 0. The van der Waals surface area contributed by atoms with Crippen LogP contribution in [-0.2, 0) is 28.9 Å². The number of rotatable bonds is 39. The minimum Gasteiger partial charge on any atom is -0.394 e. The van der Waals surface area contributed by atoms with Gasteiger partial charge in [0.05, 0.1) is 25.4 Å². The van der Waals surface area contributed by atoms with Crippen LogP contribution in [0.15, 0.2) is 60.8 Å². The minimum absolute atomic E-state index is 0.224. The van der Waals surface area contributed by atoms with E-state index >= 15 is 0 Å². The number of aliphatic hydroxyl groups is 5. The van der Waals surface area contributed by atoms with Crippen molar-refractivity contribution in [2.24, 2.45) is 0 Å². The summed E-state index contributed by atoms with van der Waals surface area (Å²) < 4.78 is 47.4. The number of ether oxygens (including phenoxy) is 2. The first-order valence-corrected chi connectivity index (χ1v) is 25.1. The molecular formula is C48H85NO12S. The fourth-order valence-electron chi connectivity index (χ4n) is 7.18. The Balaban J connectivity index is 2.44. The van der Waals surface area contributed by atoms with Crippen molar-refractivity contribution in [2.75, 3.05) is 13.2 Å². The molecule has 0 aromatic rings. The number of allylic oxidation sites excluding steroid dienone is 9. The molecule has 1 heterocycles. The lowest BCUT2D eigenvalue weighted by Gasteiger charge is -2.41. The van der Waals surface area contributed by atoms with E-state index in [0.717, 1.165) is 57.8 Å². The first-order valence-electron chi connectivity index (χ1n) is 23.7. The average Bonchev–Trinajstić information content (AvgIpc) is 3.24. The van der Waals surface area contributed by atoms with E-state index in [1.165, 1.54) is 89.5 Å². The molecule has 13 nitrogen and oxygen atoms in total. The van der Waals surface area contributed by atoms with Gasteiger partial charge in [-0.25, -0.2) is 4.18 Å². The summed E-state index contributed by atoms with van der Waals surface area (Å²) in [6.45, 7) is 2.94. The van der Waals surface area contributed by atoms with E-state index in [1.807, 2.05) is 19.1 Å². The predicted molar refractivity (Wildman–Crippen MR) is 247 cm³/mol. The number of unbranched alkanes of at least 4 members (excludes halogenated alkanes) is 19. The van der Waals surface area contributed by atoms with Gasteiger partial charge in [-0.15, -0.1) is 0 Å². The second-order valence-electron chi connectivity index (χ2n) is 16.5. The normalized spacial score (nSPS) is 21.6. The fourth-order valence-corrected chi connectivity index (χ4v) is 7.68. The van der Waals surface area contributed by atoms with Crippen molar-refractivity contribution in [3.05, 3.63) is 60.8 Å². The van der Waals surface area contributed by atoms with Crippen LogP contribution in [0.5, 0.6) is 0 Å². The van der Waals surface area contributed by atoms with Gasteiger partial charge in [0.1, 0.15) is 30.5 Å². The van der Waals surface area contributed by atoms with Gasteiger partial charge in [-0.05, 0) is 71.1 Å². The van der Waals surface area contributed by atoms with E-state index in [9.17, 15) is 38.7 Å². The number of nitrogens with one attached hydrogen (secondary N) is 1. The van der Waals surface area contributed by atoms with E-state index in [2.05, 4.69) is 52.9 Å². The summed E-state index contributed by atoms with van der Waals surface area (Å²) >= 11 is 0. The van der Waals surface area contributed by atoms with Gasteiger partial charge in [-0.1, -0.05) is 164 Å². The maximum atomic E-state index is 13.1. The number of aliphatic hydroxyl groups excluding tert-OH is 5. The molecule has 1 aliphatic heterocycles. The molecule has 0 aliphatic carbocycles. The SMILES string of the molecule is C/C=C/CC/C=C/CC/C=C/C(O)C(COC1OC(CO)C(O)C(OS(=O)(=O)O)C1O)NC(=O)C(O)CCCCCCCCCC/C=C\C/C=C\CCCCCCCCCCC. The third-order valence-electron chi connectivity index (χ3n) is 11.0. The molecule has 1 rings (SSSR count). The first kappa shape index (κ1) is 57.8. The summed E-state index contributed by atoms with van der Waals surface area (Å²) in [5.74, 6) is -0.726. The van der Waals surface area contributed by atoms with Gasteiger partial charge in [-0.2, -0.15) is 8.42 Å². The van der Waals surface area contributed by atoms with Crippen molar-refractivity contribution in [1.29, 1.82) is 0 Å². The summed E-state index contributed by atoms with van der Waals surface area (Å²) in [5, 5.41) is 55.0. The summed E-state index contributed by atoms with van der Waals surface area (Å²) in [4.78, 5) is 13.1. The molecular weight excluding hydrogens is 815 g/mol. The monoisotopic (exact) mass is 900 g/mol. The lowest BCUT2D eigenvalue weighted by molar-refractivity contribution is -0.298. The second kappa shape index (κ2) is 38.1. The van der Waals surface area contributed by atoms with Gasteiger partial charge < -0.3 is 40.3 Å². The minimum atomic E-state index is -5.12. The lowest BCUT2D eigenvalue weighted by atomic mass is 9.99. The Bertz CT molecular complexity index is 1350. The topological polar surface area (TPSA) is 212 Å². The van der Waals surface area contributed by atoms with E-state index in [4.69, 9.17) is 14.0 Å². The molecule has 360 valence electrons. The van der Waals surface area contributed by atoms with Gasteiger partial charge in [0.15, 0.2) is 6.29 Å². The maximum absolute atomic E-state index is 13.1. The Morgan fingerprint density at radius 3 is 1.73 bits per heavy atom. The van der Waals surface area contributed by atoms with E-state index in [0.29, 0.717) is 12.8 Å². The molecule has 0 aromatic heterocycles. The second-order valence-corrected chi connectivity index (χ2v) is 17.5. The first-order chi connectivity index (χ1) is 29.9. The van der Waals surface area contributed by atoms with E-state index in [1.54, 1.807) is 6.08 Å². The summed E-state index contributed by atoms with van der Waals surface area (Å²) in [6.07, 6.45) is 36.4. The van der Waals surface area contributed by atoms with Crippen molar-refractivity contribution in [3.63, 3.8) is 0 Å². The zero-order chi connectivity index (χ0) is 45.7. The molecule has 8 atom stereocenters. The highest BCUT2D eigenvalue weighted by molar-refractivity contribution is 7.80. The number of amides is 1. The number of hydrogen-bond acceptors (Lipinski definition) is 11. The smallest absolute Gasteiger partial charge is 0.394 e. The standard InChI is InChI=1S/C48H85NO12S/c1-3-5-7-9-11-13-14-15-16-17-18-19-20-21-22-23-24-25-26-27-29-31-33-35-37-42(52)47(55)49-40(41(51)36-34-32-30-28-12-10-8-6-4-2)39-59-48-45(54)46(61-62(56,57)58)44(53)43(38-50)60-48/h4,6,12,18-19,21-22,28,34,36,40-46,48,50-54H,3,5,7-11,13-17,20,23-27,29-33,35,37-39H2,1-2H3,(H,49,55)(H,56,57,58)/b6-4+,19-18-,22-21-,28-12+,36-34+.